The summed E-state index contributed by atoms with van der Waals surface area (Å²) in [5, 5.41) is 0. The van der Waals surface area contributed by atoms with Crippen molar-refractivity contribution in [3.05, 3.63) is 108 Å². The summed E-state index contributed by atoms with van der Waals surface area (Å²) in [5.74, 6) is 1.79. The Kier molecular flexibility index (Phi) is 15.7. The summed E-state index contributed by atoms with van der Waals surface area (Å²) >= 11 is 0. The van der Waals surface area contributed by atoms with Gasteiger partial charge in [0.25, 0.3) is 0 Å². The molecule has 0 aliphatic carbocycles. The van der Waals surface area contributed by atoms with Crippen molar-refractivity contribution in [1.29, 1.82) is 0 Å². The van der Waals surface area contributed by atoms with E-state index in [1.54, 1.807) is 0 Å². The van der Waals surface area contributed by atoms with Crippen LogP contribution in [0.2, 0.25) is 0 Å². The lowest BCUT2D eigenvalue weighted by Crippen LogP contribution is -2.44. The molecule has 5 aromatic rings. The van der Waals surface area contributed by atoms with E-state index in [1.165, 1.54) is 77.3 Å². The lowest BCUT2D eigenvalue weighted by Gasteiger charge is -2.31. The van der Waals surface area contributed by atoms with Gasteiger partial charge in [0.05, 0.1) is 90.9 Å². The van der Waals surface area contributed by atoms with Gasteiger partial charge in [0.15, 0.2) is 0 Å². The van der Waals surface area contributed by atoms with E-state index in [-0.39, 0.29) is 0 Å². The van der Waals surface area contributed by atoms with Crippen molar-refractivity contribution >= 4 is 46.4 Å². The van der Waals surface area contributed by atoms with Gasteiger partial charge in [-0.2, -0.15) is 0 Å². The van der Waals surface area contributed by atoms with Gasteiger partial charge in [-0.15, -0.1) is 0 Å². The van der Waals surface area contributed by atoms with Gasteiger partial charge in [0, 0.05) is 46.0 Å². The van der Waals surface area contributed by atoms with Crippen molar-refractivity contribution in [3.8, 4) is 33.8 Å². The molecule has 2 aliphatic rings. The van der Waals surface area contributed by atoms with E-state index in [1.807, 2.05) is 0 Å². The maximum absolute atomic E-state index is 6.25. The molecule has 332 valence electrons. The number of unbranched alkanes of at least 4 members (excludes halogenated alkanes) is 9. The molecule has 8 nitrogen and oxygen atoms in total. The third-order valence-electron chi connectivity index (χ3n) is 12.2. The first-order chi connectivity index (χ1) is 30.5. The van der Waals surface area contributed by atoms with Crippen LogP contribution in [0.1, 0.15) is 107 Å². The Hall–Kier alpha value is -5.44. The molecule has 0 saturated heterocycles. The highest BCUT2D eigenvalue weighted by Crippen LogP contribution is 2.34. The number of nitrogens with one attached hydrogen (secondary N) is 2. The molecule has 0 radical (unpaired) electrons. The minimum absolute atomic E-state index is 0.699. The monoisotopic (exact) mass is 849 g/mol. The number of fused-ring (bicyclic) bond motifs is 8. The highest BCUT2D eigenvalue weighted by Gasteiger charge is 2.18. The summed E-state index contributed by atoms with van der Waals surface area (Å²) < 4.78 is 14.5. The topological polar surface area (TPSA) is 75.8 Å². The van der Waals surface area contributed by atoms with Gasteiger partial charge < -0.3 is 28.4 Å². The molecule has 8 bridgehead atoms. The standard InChI is InChI=1S/C55H72N6O2/c1-7-8-9-10-11-12-13-14-15-16-38-62-48-27-19-42(20-28-48)54-50-31-23-44(56-50)40-46-25-33-52(58-46)55(53-34-26-47(59-53)41-45-24-32-51(54)57-45)43-21-29-49(30-22-43)63-39-18-37-61(5,6)36-17-35-60(2,3)4/h19-34,40-41,56,59H,7-18,35-39H2,1-6H3/q+2. The summed E-state index contributed by atoms with van der Waals surface area (Å²) in [6, 6.07) is 29.7. The average molecular weight is 849 g/mol. The number of H-pyrrole nitrogens is 2. The highest BCUT2D eigenvalue weighted by atomic mass is 16.5. The number of nitrogens with zero attached hydrogens (tertiary/aromatic N) is 4. The maximum atomic E-state index is 6.25. The third kappa shape index (κ3) is 13.5. The van der Waals surface area contributed by atoms with Crippen molar-refractivity contribution in [2.45, 2.75) is 84.0 Å². The third-order valence-corrected chi connectivity index (χ3v) is 12.2. The van der Waals surface area contributed by atoms with E-state index >= 15 is 0 Å². The van der Waals surface area contributed by atoms with Crippen molar-refractivity contribution < 1.29 is 18.4 Å². The Balaban J connectivity index is 1.06. The molecule has 3 aromatic heterocycles. The number of ether oxygens (including phenoxy) is 2. The Morgan fingerprint density at radius 1 is 0.460 bits per heavy atom. The van der Waals surface area contributed by atoms with Crippen molar-refractivity contribution in [3.63, 3.8) is 0 Å². The SMILES string of the molecule is CCCCCCCCCCCCOc1ccc(-c2c3nc(cc4ccc([nH]4)c(-c4ccc(OCCC[N+](C)(C)CCC[N+](C)(C)C)cc4)c4nc(cc5ccc2[nH]5)C=C4)C=C3)cc1. The molecule has 2 aromatic carbocycles. The lowest BCUT2D eigenvalue weighted by atomic mass is 10.0. The zero-order chi connectivity index (χ0) is 44.1. The first kappa shape index (κ1) is 45.6. The molecule has 0 atom stereocenters. The summed E-state index contributed by atoms with van der Waals surface area (Å²) in [6.45, 7) is 7.19. The normalized spacial score (nSPS) is 12.6. The van der Waals surface area contributed by atoms with E-state index in [2.05, 4.69) is 161 Å². The molecular weight excluding hydrogens is 777 g/mol. The van der Waals surface area contributed by atoms with Gasteiger partial charge in [-0.1, -0.05) is 89.0 Å². The van der Waals surface area contributed by atoms with Crippen LogP contribution in [-0.2, 0) is 0 Å². The Labute approximate surface area is 376 Å². The van der Waals surface area contributed by atoms with Gasteiger partial charge in [0.2, 0.25) is 0 Å². The Morgan fingerprint density at radius 2 is 0.905 bits per heavy atom. The predicted octanol–water partition coefficient (Wildman–Crippen LogP) is 13.2. The molecule has 0 saturated carbocycles. The van der Waals surface area contributed by atoms with Gasteiger partial charge in [0.1, 0.15) is 11.5 Å². The van der Waals surface area contributed by atoms with Gasteiger partial charge in [-0.25, -0.2) is 9.97 Å². The number of rotatable bonds is 23. The van der Waals surface area contributed by atoms with Crippen LogP contribution in [-0.4, -0.2) is 97.0 Å². The summed E-state index contributed by atoms with van der Waals surface area (Å²) in [7, 11) is 11.5. The minimum atomic E-state index is 0.699. The molecule has 5 heterocycles. The van der Waals surface area contributed by atoms with Crippen molar-refractivity contribution in [2.24, 2.45) is 0 Å². The van der Waals surface area contributed by atoms with Crippen LogP contribution in [0, 0.1) is 0 Å². The fourth-order valence-electron chi connectivity index (χ4n) is 8.66. The van der Waals surface area contributed by atoms with Gasteiger partial charge in [-0.3, -0.25) is 0 Å². The fourth-order valence-corrected chi connectivity index (χ4v) is 8.66. The number of hydrogen-bond acceptors (Lipinski definition) is 4. The molecule has 7 rings (SSSR count). The van der Waals surface area contributed by atoms with Crippen LogP contribution in [0.25, 0.3) is 68.6 Å². The second-order valence-electron chi connectivity index (χ2n) is 19.2. The number of aromatic nitrogens is 4. The quantitative estimate of drug-likeness (QED) is 0.0497. The molecule has 0 fully saturated rings. The van der Waals surface area contributed by atoms with E-state index in [0.717, 1.165) is 114 Å². The molecule has 0 spiro atoms. The van der Waals surface area contributed by atoms with Crippen LogP contribution >= 0.6 is 0 Å². The molecule has 63 heavy (non-hydrogen) atoms. The van der Waals surface area contributed by atoms with Crippen LogP contribution in [0.4, 0.5) is 0 Å². The Bertz CT molecular complexity index is 2470. The first-order valence-electron chi connectivity index (χ1n) is 23.7. The van der Waals surface area contributed by atoms with E-state index in [9.17, 15) is 0 Å². The number of benzene rings is 2. The largest absolute Gasteiger partial charge is 0.494 e. The smallest absolute Gasteiger partial charge is 0.119 e. The van der Waals surface area contributed by atoms with Crippen molar-refractivity contribution in [1.82, 2.24) is 19.9 Å². The van der Waals surface area contributed by atoms with Gasteiger partial charge in [-0.05, 0) is 103 Å². The Morgan fingerprint density at radius 3 is 1.38 bits per heavy atom. The van der Waals surface area contributed by atoms with Crippen molar-refractivity contribution in [2.75, 3.05) is 68.1 Å². The highest BCUT2D eigenvalue weighted by molar-refractivity contribution is 5.93. The summed E-state index contributed by atoms with van der Waals surface area (Å²) in [5.41, 5.74) is 11.8. The summed E-state index contributed by atoms with van der Waals surface area (Å²) in [6.07, 6.45) is 23.8. The van der Waals surface area contributed by atoms with E-state index in [4.69, 9.17) is 19.4 Å². The molecule has 8 heteroatoms. The first-order valence-corrected chi connectivity index (χ1v) is 23.7. The average Bonchev–Trinajstić information content (AvgIpc) is 4.10. The van der Waals surface area contributed by atoms with Crippen LogP contribution in [0.15, 0.2) is 84.9 Å². The van der Waals surface area contributed by atoms with E-state index < -0.39 is 0 Å². The maximum Gasteiger partial charge on any atom is 0.119 e. The van der Waals surface area contributed by atoms with E-state index in [0.29, 0.717) is 6.61 Å². The predicted molar refractivity (Wildman–Crippen MR) is 267 cm³/mol. The molecule has 2 N–H and O–H groups in total. The zero-order valence-electron chi connectivity index (χ0n) is 39.0. The molecule has 0 amide bonds. The summed E-state index contributed by atoms with van der Waals surface area (Å²) in [4.78, 5) is 17.7. The van der Waals surface area contributed by atoms with Crippen LogP contribution < -0.4 is 9.47 Å². The fraction of sp³-hybridized carbons (Fsp3) is 0.418. The minimum Gasteiger partial charge on any atom is -0.494 e. The number of hydrogen-bond donors (Lipinski definition) is 2. The number of quaternary nitrogens is 2. The zero-order valence-corrected chi connectivity index (χ0v) is 39.0. The second kappa shape index (κ2) is 21.8. The molecular formula is C55H72N6O2+2. The molecule has 0 unspecified atom stereocenters. The second-order valence-corrected chi connectivity index (χ2v) is 19.2. The lowest BCUT2D eigenvalue weighted by molar-refractivity contribution is -0.902. The number of aromatic amines is 2. The van der Waals surface area contributed by atoms with Gasteiger partial charge >= 0.3 is 0 Å². The van der Waals surface area contributed by atoms with Crippen LogP contribution in [0.5, 0.6) is 11.5 Å². The molecule has 2 aliphatic heterocycles. The van der Waals surface area contributed by atoms with Crippen LogP contribution in [0.3, 0.4) is 0 Å².